The normalized spacial score (nSPS) is 14.9. The van der Waals surface area contributed by atoms with Crippen LogP contribution in [0.25, 0.3) is 11.1 Å². The molecular formula is C25H27F3N2O5. The zero-order valence-corrected chi connectivity index (χ0v) is 19.8. The van der Waals surface area contributed by atoms with Gasteiger partial charge in [0.15, 0.2) is 0 Å². The molecule has 2 aromatic rings. The molecule has 2 N–H and O–H groups in total. The van der Waals surface area contributed by atoms with E-state index in [0.717, 1.165) is 36.1 Å². The molecule has 2 aromatic carbocycles. The van der Waals surface area contributed by atoms with Gasteiger partial charge in [-0.05, 0) is 49.9 Å². The summed E-state index contributed by atoms with van der Waals surface area (Å²) in [6, 6.07) is 14.9. The van der Waals surface area contributed by atoms with Crippen LogP contribution < -0.4 is 5.32 Å². The average Bonchev–Trinajstić information content (AvgIpc) is 3.10. The second-order valence-corrected chi connectivity index (χ2v) is 8.99. The minimum atomic E-state index is -5.22. The molecule has 0 radical (unpaired) electrons. The molecule has 3 rings (SSSR count). The largest absolute Gasteiger partial charge is 0.480 e. The van der Waals surface area contributed by atoms with Crippen LogP contribution in [0.4, 0.5) is 18.0 Å². The number of halogens is 3. The number of carboxylic acid groups (broad SMARTS) is 1. The molecule has 0 fully saturated rings. The Morgan fingerprint density at radius 3 is 1.89 bits per heavy atom. The fourth-order valence-corrected chi connectivity index (χ4v) is 4.26. The summed E-state index contributed by atoms with van der Waals surface area (Å²) >= 11 is 0. The number of carbonyl (C=O) groups excluding carboxylic acids is 2. The molecule has 0 saturated carbocycles. The van der Waals surface area contributed by atoms with Crippen LogP contribution >= 0.6 is 0 Å². The molecule has 2 amide bonds. The fraction of sp³-hybridized carbons (Fsp3) is 0.400. The summed E-state index contributed by atoms with van der Waals surface area (Å²) in [4.78, 5) is 37.7. The Hall–Kier alpha value is -3.56. The third-order valence-corrected chi connectivity index (χ3v) is 6.45. The Kier molecular flexibility index (Phi) is 6.88. The van der Waals surface area contributed by atoms with Gasteiger partial charge in [-0.1, -0.05) is 48.5 Å². The Morgan fingerprint density at radius 2 is 1.46 bits per heavy atom. The SMILES string of the molecule is CCN(C(=O)C(C)(NC(=O)OCC1c2ccccc2-c2ccccc21)C(F)(F)F)C(C)(C)C(=O)O. The van der Waals surface area contributed by atoms with E-state index >= 15 is 0 Å². The highest BCUT2D eigenvalue weighted by atomic mass is 19.4. The van der Waals surface area contributed by atoms with Crippen molar-refractivity contribution in [2.45, 2.75) is 50.9 Å². The van der Waals surface area contributed by atoms with Crippen molar-refractivity contribution >= 4 is 18.0 Å². The number of nitrogens with zero attached hydrogens (tertiary/aromatic N) is 1. The lowest BCUT2D eigenvalue weighted by Crippen LogP contribution is -2.69. The third kappa shape index (κ3) is 4.56. The highest BCUT2D eigenvalue weighted by Gasteiger charge is 2.61. The molecule has 0 heterocycles. The van der Waals surface area contributed by atoms with E-state index in [1.807, 2.05) is 48.5 Å². The van der Waals surface area contributed by atoms with Crippen molar-refractivity contribution in [3.63, 3.8) is 0 Å². The molecule has 0 spiro atoms. The van der Waals surface area contributed by atoms with Gasteiger partial charge in [-0.15, -0.1) is 0 Å². The van der Waals surface area contributed by atoms with E-state index in [9.17, 15) is 32.7 Å². The lowest BCUT2D eigenvalue weighted by Gasteiger charge is -2.41. The molecule has 0 saturated heterocycles. The molecule has 188 valence electrons. The number of aliphatic carboxylic acids is 1. The van der Waals surface area contributed by atoms with Crippen molar-refractivity contribution in [3.8, 4) is 11.1 Å². The molecule has 7 nitrogen and oxygen atoms in total. The maximum absolute atomic E-state index is 14.1. The summed E-state index contributed by atoms with van der Waals surface area (Å²) in [5.41, 5.74) is -1.71. The van der Waals surface area contributed by atoms with Crippen molar-refractivity contribution in [1.82, 2.24) is 10.2 Å². The van der Waals surface area contributed by atoms with Gasteiger partial charge in [0.1, 0.15) is 12.1 Å². The lowest BCUT2D eigenvalue weighted by atomic mass is 9.94. The summed E-state index contributed by atoms with van der Waals surface area (Å²) in [6.45, 7) is 3.50. The predicted molar refractivity (Wildman–Crippen MR) is 122 cm³/mol. The zero-order chi connectivity index (χ0) is 26.2. The average molecular weight is 492 g/mol. The molecule has 0 aliphatic heterocycles. The first kappa shape index (κ1) is 26.1. The lowest BCUT2D eigenvalue weighted by molar-refractivity contribution is -0.204. The smallest absolute Gasteiger partial charge is 0.420 e. The van der Waals surface area contributed by atoms with Crippen LogP contribution in [0.15, 0.2) is 48.5 Å². The van der Waals surface area contributed by atoms with E-state index < -0.39 is 35.2 Å². The number of benzene rings is 2. The second kappa shape index (κ2) is 9.24. The monoisotopic (exact) mass is 492 g/mol. The first-order valence-corrected chi connectivity index (χ1v) is 11.0. The topological polar surface area (TPSA) is 95.9 Å². The molecule has 1 aliphatic carbocycles. The van der Waals surface area contributed by atoms with E-state index in [2.05, 4.69) is 0 Å². The quantitative estimate of drug-likeness (QED) is 0.591. The number of ether oxygens (including phenoxy) is 1. The van der Waals surface area contributed by atoms with E-state index in [-0.39, 0.29) is 19.1 Å². The van der Waals surface area contributed by atoms with Gasteiger partial charge in [0.2, 0.25) is 5.54 Å². The minimum absolute atomic E-state index is 0.250. The third-order valence-electron chi connectivity index (χ3n) is 6.45. The number of amides is 2. The van der Waals surface area contributed by atoms with E-state index in [1.165, 1.54) is 6.92 Å². The molecule has 1 atom stereocenters. The van der Waals surface area contributed by atoms with Gasteiger partial charge < -0.3 is 14.7 Å². The van der Waals surface area contributed by atoms with Crippen molar-refractivity contribution in [2.75, 3.05) is 13.2 Å². The van der Waals surface area contributed by atoms with Gasteiger partial charge in [-0.25, -0.2) is 9.59 Å². The zero-order valence-electron chi connectivity index (χ0n) is 19.8. The van der Waals surface area contributed by atoms with Crippen LogP contribution in [0.1, 0.15) is 44.7 Å². The van der Waals surface area contributed by atoms with E-state index in [1.54, 1.807) is 5.32 Å². The summed E-state index contributed by atoms with van der Waals surface area (Å²) < 4.78 is 47.4. The first-order chi connectivity index (χ1) is 16.3. The number of carboxylic acids is 1. The number of rotatable bonds is 7. The number of alkyl carbamates (subject to hydrolysis) is 1. The van der Waals surface area contributed by atoms with Gasteiger partial charge in [0, 0.05) is 12.5 Å². The first-order valence-electron chi connectivity index (χ1n) is 11.0. The van der Waals surface area contributed by atoms with Crippen molar-refractivity contribution in [3.05, 3.63) is 59.7 Å². The highest BCUT2D eigenvalue weighted by Crippen LogP contribution is 2.44. The Morgan fingerprint density at radius 1 is 0.971 bits per heavy atom. The number of hydrogen-bond donors (Lipinski definition) is 2. The van der Waals surface area contributed by atoms with Crippen molar-refractivity contribution in [2.24, 2.45) is 0 Å². The second-order valence-electron chi connectivity index (χ2n) is 8.99. The van der Waals surface area contributed by atoms with Crippen molar-refractivity contribution < 1.29 is 37.4 Å². The Bertz CT molecular complexity index is 1100. The molecular weight excluding hydrogens is 465 g/mol. The minimum Gasteiger partial charge on any atom is -0.480 e. The van der Waals surface area contributed by atoms with E-state index in [0.29, 0.717) is 11.8 Å². The number of carbonyl (C=O) groups is 3. The number of fused-ring (bicyclic) bond motifs is 3. The van der Waals surface area contributed by atoms with Gasteiger partial charge in [0.25, 0.3) is 5.91 Å². The van der Waals surface area contributed by atoms with Crippen LogP contribution in [0.5, 0.6) is 0 Å². The predicted octanol–water partition coefficient (Wildman–Crippen LogP) is 4.56. The van der Waals surface area contributed by atoms with Gasteiger partial charge in [-0.3, -0.25) is 10.1 Å². The number of hydrogen-bond acceptors (Lipinski definition) is 4. The summed E-state index contributed by atoms with van der Waals surface area (Å²) in [5.74, 6) is -3.48. The van der Waals surface area contributed by atoms with Crippen molar-refractivity contribution in [1.29, 1.82) is 0 Å². The number of likely N-dealkylation sites (N-methyl/N-ethyl adjacent to an activating group) is 1. The maximum Gasteiger partial charge on any atom is 0.420 e. The Labute approximate surface area is 200 Å². The standard InChI is InChI=1S/C25H27F3N2O5/c1-5-30(23(2,3)21(32)33)20(31)24(4,25(26,27)28)29-22(34)35-14-19-17-12-8-6-10-15(17)16-11-7-9-13-18(16)19/h6-13,19H,5,14H2,1-4H3,(H,29,34)(H,32,33). The van der Waals surface area contributed by atoms with Crippen LogP contribution in [-0.2, 0) is 14.3 Å². The molecule has 35 heavy (non-hydrogen) atoms. The molecule has 0 bridgehead atoms. The van der Waals surface area contributed by atoms with Gasteiger partial charge in [-0.2, -0.15) is 13.2 Å². The fourth-order valence-electron chi connectivity index (χ4n) is 4.26. The van der Waals surface area contributed by atoms with Gasteiger partial charge >= 0.3 is 18.2 Å². The summed E-state index contributed by atoms with van der Waals surface area (Å²) in [5, 5.41) is 11.1. The highest BCUT2D eigenvalue weighted by molar-refractivity contribution is 5.94. The number of alkyl halides is 3. The van der Waals surface area contributed by atoms with Crippen LogP contribution in [-0.4, -0.2) is 58.4 Å². The molecule has 10 heteroatoms. The van der Waals surface area contributed by atoms with E-state index in [4.69, 9.17) is 4.74 Å². The van der Waals surface area contributed by atoms with Gasteiger partial charge in [0.05, 0.1) is 0 Å². The van der Waals surface area contributed by atoms with Crippen LogP contribution in [0, 0.1) is 0 Å². The molecule has 1 aliphatic rings. The number of nitrogens with one attached hydrogen (secondary N) is 1. The Balaban J connectivity index is 1.83. The molecule has 1 unspecified atom stereocenters. The van der Waals surface area contributed by atoms with Crippen LogP contribution in [0.2, 0.25) is 0 Å². The summed E-state index contributed by atoms with van der Waals surface area (Å²) in [7, 11) is 0. The molecule has 0 aromatic heterocycles. The van der Waals surface area contributed by atoms with Crippen LogP contribution in [0.3, 0.4) is 0 Å². The maximum atomic E-state index is 14.1. The summed E-state index contributed by atoms with van der Waals surface area (Å²) in [6.07, 6.45) is -6.67.